The third-order valence-corrected chi connectivity index (χ3v) is 3.03. The molecule has 2 rings (SSSR count). The SMILES string of the molecule is OC1CCN(c2c(Cl)cccc2Cl)C1. The lowest BCUT2D eigenvalue weighted by Crippen LogP contribution is -2.21. The summed E-state index contributed by atoms with van der Waals surface area (Å²) in [6.45, 7) is 1.42. The molecular formula is C10H11Cl2NO. The molecule has 0 aromatic heterocycles. The Balaban J connectivity index is 2.31. The Kier molecular flexibility index (Phi) is 2.86. The van der Waals surface area contributed by atoms with Gasteiger partial charge in [-0.15, -0.1) is 0 Å². The van der Waals surface area contributed by atoms with E-state index in [-0.39, 0.29) is 6.10 Å². The van der Waals surface area contributed by atoms with Crippen molar-refractivity contribution in [2.45, 2.75) is 12.5 Å². The first-order valence-corrected chi connectivity index (χ1v) is 5.31. The fourth-order valence-corrected chi connectivity index (χ4v) is 2.37. The third kappa shape index (κ3) is 1.83. The smallest absolute Gasteiger partial charge is 0.0745 e. The number of hydrogen-bond donors (Lipinski definition) is 1. The van der Waals surface area contributed by atoms with Crippen LogP contribution in [0.25, 0.3) is 0 Å². The van der Waals surface area contributed by atoms with Gasteiger partial charge in [-0.3, -0.25) is 0 Å². The summed E-state index contributed by atoms with van der Waals surface area (Å²) in [5.74, 6) is 0. The van der Waals surface area contributed by atoms with Crippen LogP contribution in [-0.2, 0) is 0 Å². The molecule has 2 nitrogen and oxygen atoms in total. The van der Waals surface area contributed by atoms with Gasteiger partial charge in [0.15, 0.2) is 0 Å². The van der Waals surface area contributed by atoms with E-state index in [4.69, 9.17) is 23.2 Å². The second-order valence-electron chi connectivity index (χ2n) is 3.46. The predicted octanol–water partition coefficient (Wildman–Crippen LogP) is 2.56. The van der Waals surface area contributed by atoms with Gasteiger partial charge in [-0.1, -0.05) is 29.3 Å². The number of β-amino-alcohol motifs (C(OH)–C–C–N with tert-alkyl or cyclic N) is 1. The van der Waals surface area contributed by atoms with E-state index in [1.54, 1.807) is 0 Å². The van der Waals surface area contributed by atoms with Gasteiger partial charge in [-0.25, -0.2) is 0 Å². The first-order valence-electron chi connectivity index (χ1n) is 4.55. The van der Waals surface area contributed by atoms with Gasteiger partial charge < -0.3 is 10.0 Å². The molecule has 1 aromatic rings. The Morgan fingerprint density at radius 2 is 1.93 bits per heavy atom. The van der Waals surface area contributed by atoms with E-state index >= 15 is 0 Å². The zero-order valence-electron chi connectivity index (χ0n) is 7.58. The highest BCUT2D eigenvalue weighted by Gasteiger charge is 2.23. The highest BCUT2D eigenvalue weighted by atomic mass is 35.5. The normalized spacial score (nSPS) is 21.6. The maximum Gasteiger partial charge on any atom is 0.0745 e. The fourth-order valence-electron chi connectivity index (χ4n) is 1.74. The lowest BCUT2D eigenvalue weighted by atomic mass is 10.3. The Bertz CT molecular complexity index is 323. The quantitative estimate of drug-likeness (QED) is 0.804. The van der Waals surface area contributed by atoms with E-state index in [0.29, 0.717) is 16.6 Å². The van der Waals surface area contributed by atoms with Crippen molar-refractivity contribution in [2.24, 2.45) is 0 Å². The van der Waals surface area contributed by atoms with E-state index in [0.717, 1.165) is 18.7 Å². The van der Waals surface area contributed by atoms with Crippen LogP contribution < -0.4 is 4.90 Å². The standard InChI is InChI=1S/C10H11Cl2NO/c11-8-2-1-3-9(12)10(8)13-5-4-7(14)6-13/h1-3,7,14H,4-6H2. The minimum absolute atomic E-state index is 0.262. The minimum atomic E-state index is -0.262. The molecule has 0 aliphatic carbocycles. The van der Waals surface area contributed by atoms with E-state index < -0.39 is 0 Å². The number of rotatable bonds is 1. The summed E-state index contributed by atoms with van der Waals surface area (Å²) in [7, 11) is 0. The lowest BCUT2D eigenvalue weighted by Gasteiger charge is -2.20. The van der Waals surface area contributed by atoms with Gasteiger partial charge in [0.05, 0.1) is 21.8 Å². The molecule has 4 heteroatoms. The van der Waals surface area contributed by atoms with Gasteiger partial charge in [-0.2, -0.15) is 0 Å². The summed E-state index contributed by atoms with van der Waals surface area (Å²) >= 11 is 12.1. The summed E-state index contributed by atoms with van der Waals surface area (Å²) in [4.78, 5) is 2.02. The van der Waals surface area contributed by atoms with Gasteiger partial charge in [0.25, 0.3) is 0 Å². The largest absolute Gasteiger partial charge is 0.391 e. The molecule has 14 heavy (non-hydrogen) atoms. The van der Waals surface area contributed by atoms with Gasteiger partial charge in [0.2, 0.25) is 0 Å². The summed E-state index contributed by atoms with van der Waals surface area (Å²) in [6, 6.07) is 5.45. The average molecular weight is 232 g/mol. The summed E-state index contributed by atoms with van der Waals surface area (Å²) in [6.07, 6.45) is 0.518. The van der Waals surface area contributed by atoms with E-state index in [1.807, 2.05) is 23.1 Å². The van der Waals surface area contributed by atoms with Crippen LogP contribution in [-0.4, -0.2) is 24.3 Å². The predicted molar refractivity (Wildman–Crippen MR) is 59.3 cm³/mol. The van der Waals surface area contributed by atoms with Gasteiger partial charge in [0.1, 0.15) is 0 Å². The molecule has 1 unspecified atom stereocenters. The van der Waals surface area contributed by atoms with Crippen LogP contribution in [0.2, 0.25) is 10.0 Å². The van der Waals surface area contributed by atoms with E-state index in [1.165, 1.54) is 0 Å². The molecular weight excluding hydrogens is 221 g/mol. The summed E-state index contributed by atoms with van der Waals surface area (Å²) in [5.41, 5.74) is 0.840. The van der Waals surface area contributed by atoms with E-state index in [9.17, 15) is 5.11 Å². The molecule has 0 bridgehead atoms. The van der Waals surface area contributed by atoms with Crippen LogP contribution in [0.5, 0.6) is 0 Å². The number of halogens is 2. The van der Waals surface area contributed by atoms with Crippen molar-refractivity contribution in [2.75, 3.05) is 18.0 Å². The Morgan fingerprint density at radius 3 is 2.43 bits per heavy atom. The Morgan fingerprint density at radius 1 is 1.29 bits per heavy atom. The van der Waals surface area contributed by atoms with Crippen LogP contribution >= 0.6 is 23.2 Å². The van der Waals surface area contributed by atoms with Crippen LogP contribution in [0.15, 0.2) is 18.2 Å². The Hall–Kier alpha value is -0.440. The molecule has 1 aliphatic rings. The second-order valence-corrected chi connectivity index (χ2v) is 4.27. The van der Waals surface area contributed by atoms with Crippen molar-refractivity contribution in [3.8, 4) is 0 Å². The van der Waals surface area contributed by atoms with Crippen molar-refractivity contribution in [1.82, 2.24) is 0 Å². The molecule has 1 aliphatic heterocycles. The van der Waals surface area contributed by atoms with Gasteiger partial charge >= 0.3 is 0 Å². The highest BCUT2D eigenvalue weighted by molar-refractivity contribution is 6.39. The van der Waals surface area contributed by atoms with Crippen molar-refractivity contribution >= 4 is 28.9 Å². The maximum absolute atomic E-state index is 9.41. The number of aliphatic hydroxyl groups is 1. The molecule has 1 heterocycles. The molecule has 1 atom stereocenters. The number of anilines is 1. The topological polar surface area (TPSA) is 23.5 Å². The van der Waals surface area contributed by atoms with Crippen molar-refractivity contribution in [1.29, 1.82) is 0 Å². The molecule has 1 N–H and O–H groups in total. The van der Waals surface area contributed by atoms with Crippen molar-refractivity contribution < 1.29 is 5.11 Å². The molecule has 0 amide bonds. The number of aliphatic hydroxyl groups excluding tert-OH is 1. The van der Waals surface area contributed by atoms with Gasteiger partial charge in [0, 0.05) is 13.1 Å². The van der Waals surface area contributed by atoms with Crippen LogP contribution in [0.4, 0.5) is 5.69 Å². The zero-order valence-corrected chi connectivity index (χ0v) is 9.09. The molecule has 1 fully saturated rings. The van der Waals surface area contributed by atoms with Crippen LogP contribution in [0.3, 0.4) is 0 Å². The summed E-state index contributed by atoms with van der Waals surface area (Å²) in [5, 5.41) is 10.7. The molecule has 1 aromatic carbocycles. The fraction of sp³-hybridized carbons (Fsp3) is 0.400. The number of para-hydroxylation sites is 1. The summed E-state index contributed by atoms with van der Waals surface area (Å²) < 4.78 is 0. The van der Waals surface area contributed by atoms with Crippen LogP contribution in [0.1, 0.15) is 6.42 Å². The maximum atomic E-state index is 9.41. The molecule has 1 saturated heterocycles. The third-order valence-electron chi connectivity index (χ3n) is 2.42. The lowest BCUT2D eigenvalue weighted by molar-refractivity contribution is 0.198. The molecule has 0 radical (unpaired) electrons. The number of hydrogen-bond acceptors (Lipinski definition) is 2. The average Bonchev–Trinajstić information content (AvgIpc) is 2.51. The number of benzene rings is 1. The first kappa shape index (κ1) is 10.1. The van der Waals surface area contributed by atoms with E-state index in [2.05, 4.69) is 0 Å². The first-order chi connectivity index (χ1) is 6.68. The Labute approximate surface area is 93.0 Å². The molecule has 0 saturated carbocycles. The molecule has 76 valence electrons. The van der Waals surface area contributed by atoms with Gasteiger partial charge in [-0.05, 0) is 18.6 Å². The number of nitrogens with zero attached hydrogens (tertiary/aromatic N) is 1. The van der Waals surface area contributed by atoms with Crippen LogP contribution in [0, 0.1) is 0 Å². The minimum Gasteiger partial charge on any atom is -0.391 e. The highest BCUT2D eigenvalue weighted by Crippen LogP contribution is 2.35. The monoisotopic (exact) mass is 231 g/mol. The van der Waals surface area contributed by atoms with Crippen molar-refractivity contribution in [3.05, 3.63) is 28.2 Å². The zero-order chi connectivity index (χ0) is 10.1. The second kappa shape index (κ2) is 3.97. The molecule has 0 spiro atoms. The van der Waals surface area contributed by atoms with Crippen molar-refractivity contribution in [3.63, 3.8) is 0 Å².